The SMILES string of the molecule is CCOC(=O)CC1(c2cc(Br)cc(Br)c2)COC1. The highest BCUT2D eigenvalue weighted by Crippen LogP contribution is 2.38. The molecule has 0 atom stereocenters. The van der Waals surface area contributed by atoms with E-state index in [1.165, 1.54) is 0 Å². The maximum absolute atomic E-state index is 11.7. The zero-order chi connectivity index (χ0) is 13.2. The van der Waals surface area contributed by atoms with E-state index in [9.17, 15) is 4.79 Å². The topological polar surface area (TPSA) is 35.5 Å². The molecule has 1 aromatic rings. The van der Waals surface area contributed by atoms with E-state index in [1.807, 2.05) is 25.1 Å². The summed E-state index contributed by atoms with van der Waals surface area (Å²) in [5.74, 6) is -0.170. The van der Waals surface area contributed by atoms with Crippen LogP contribution < -0.4 is 0 Å². The molecule has 0 radical (unpaired) electrons. The molecule has 0 N–H and O–H groups in total. The molecule has 0 aliphatic carbocycles. The molecule has 2 rings (SSSR count). The van der Waals surface area contributed by atoms with E-state index in [0.29, 0.717) is 26.2 Å². The van der Waals surface area contributed by atoms with Gasteiger partial charge in [0.05, 0.1) is 31.7 Å². The van der Waals surface area contributed by atoms with Crippen molar-refractivity contribution in [2.75, 3.05) is 19.8 Å². The van der Waals surface area contributed by atoms with Crippen LogP contribution in [-0.4, -0.2) is 25.8 Å². The van der Waals surface area contributed by atoms with E-state index < -0.39 is 0 Å². The van der Waals surface area contributed by atoms with Crippen molar-refractivity contribution in [2.24, 2.45) is 0 Å². The zero-order valence-electron chi connectivity index (χ0n) is 10.0. The maximum atomic E-state index is 11.7. The van der Waals surface area contributed by atoms with Crippen molar-refractivity contribution >= 4 is 37.8 Å². The predicted octanol–water partition coefficient (Wildman–Crippen LogP) is 3.43. The molecule has 0 saturated carbocycles. The molecule has 0 bridgehead atoms. The summed E-state index contributed by atoms with van der Waals surface area (Å²) in [7, 11) is 0. The van der Waals surface area contributed by atoms with E-state index in [-0.39, 0.29) is 11.4 Å². The lowest BCUT2D eigenvalue weighted by Crippen LogP contribution is -2.48. The van der Waals surface area contributed by atoms with Gasteiger partial charge in [-0.2, -0.15) is 0 Å². The molecule has 5 heteroatoms. The second kappa shape index (κ2) is 5.72. The monoisotopic (exact) mass is 376 g/mol. The Labute approximate surface area is 123 Å². The van der Waals surface area contributed by atoms with E-state index in [1.54, 1.807) is 0 Å². The largest absolute Gasteiger partial charge is 0.466 e. The van der Waals surface area contributed by atoms with Crippen LogP contribution in [0, 0.1) is 0 Å². The standard InChI is InChI=1S/C13H14Br2O3/c1-2-18-12(16)6-13(7-17-8-13)9-3-10(14)5-11(15)4-9/h3-5H,2,6-8H2,1H3. The molecule has 3 nitrogen and oxygen atoms in total. The number of carbonyl (C=O) groups is 1. The quantitative estimate of drug-likeness (QED) is 0.754. The van der Waals surface area contributed by atoms with Crippen molar-refractivity contribution in [3.8, 4) is 0 Å². The number of ether oxygens (including phenoxy) is 2. The molecule has 98 valence electrons. The number of benzene rings is 1. The summed E-state index contributed by atoms with van der Waals surface area (Å²) in [6, 6.07) is 6.04. The number of carbonyl (C=O) groups excluding carboxylic acids is 1. The van der Waals surface area contributed by atoms with Crippen LogP contribution in [0.1, 0.15) is 18.9 Å². The molecule has 1 aromatic carbocycles. The van der Waals surface area contributed by atoms with Crippen molar-refractivity contribution in [3.63, 3.8) is 0 Å². The van der Waals surface area contributed by atoms with Gasteiger partial charge in [0.25, 0.3) is 0 Å². The Morgan fingerprint density at radius 2 is 1.94 bits per heavy atom. The van der Waals surface area contributed by atoms with Gasteiger partial charge in [-0.3, -0.25) is 4.79 Å². The van der Waals surface area contributed by atoms with E-state index in [2.05, 4.69) is 31.9 Å². The average molecular weight is 378 g/mol. The normalized spacial score (nSPS) is 17.1. The molecule has 1 fully saturated rings. The molecule has 0 aromatic heterocycles. The van der Waals surface area contributed by atoms with Gasteiger partial charge in [-0.25, -0.2) is 0 Å². The number of rotatable bonds is 4. The van der Waals surface area contributed by atoms with Crippen LogP contribution in [0.2, 0.25) is 0 Å². The van der Waals surface area contributed by atoms with Crippen LogP contribution >= 0.6 is 31.9 Å². The molecule has 0 spiro atoms. The molecule has 0 unspecified atom stereocenters. The van der Waals surface area contributed by atoms with Gasteiger partial charge < -0.3 is 9.47 Å². The third-order valence-electron chi connectivity index (χ3n) is 3.02. The van der Waals surface area contributed by atoms with E-state index in [0.717, 1.165) is 14.5 Å². The highest BCUT2D eigenvalue weighted by atomic mass is 79.9. The smallest absolute Gasteiger partial charge is 0.306 e. The van der Waals surface area contributed by atoms with Crippen LogP contribution in [0.4, 0.5) is 0 Å². The van der Waals surface area contributed by atoms with Crippen molar-refractivity contribution < 1.29 is 14.3 Å². The number of hydrogen-bond donors (Lipinski definition) is 0. The second-order valence-electron chi connectivity index (χ2n) is 4.41. The first-order valence-corrected chi connectivity index (χ1v) is 7.34. The van der Waals surface area contributed by atoms with Crippen molar-refractivity contribution in [2.45, 2.75) is 18.8 Å². The summed E-state index contributed by atoms with van der Waals surface area (Å²) < 4.78 is 12.3. The average Bonchev–Trinajstić information content (AvgIpc) is 2.22. The Morgan fingerprint density at radius 3 is 2.39 bits per heavy atom. The van der Waals surface area contributed by atoms with Crippen LogP contribution in [0.15, 0.2) is 27.1 Å². The fourth-order valence-corrected chi connectivity index (χ4v) is 3.36. The Balaban J connectivity index is 2.23. The lowest BCUT2D eigenvalue weighted by atomic mass is 9.76. The first kappa shape index (κ1) is 14.0. The summed E-state index contributed by atoms with van der Waals surface area (Å²) in [4.78, 5) is 11.7. The summed E-state index contributed by atoms with van der Waals surface area (Å²) >= 11 is 6.94. The summed E-state index contributed by atoms with van der Waals surface area (Å²) in [6.45, 7) is 3.36. The maximum Gasteiger partial charge on any atom is 0.306 e. The van der Waals surface area contributed by atoms with Gasteiger partial charge in [-0.05, 0) is 30.7 Å². The number of hydrogen-bond acceptors (Lipinski definition) is 3. The predicted molar refractivity (Wildman–Crippen MR) is 75.6 cm³/mol. The fourth-order valence-electron chi connectivity index (χ4n) is 2.07. The molecule has 1 aliphatic rings. The van der Waals surface area contributed by atoms with E-state index in [4.69, 9.17) is 9.47 Å². The Bertz CT molecular complexity index is 435. The fraction of sp³-hybridized carbons (Fsp3) is 0.462. The highest BCUT2D eigenvalue weighted by Gasteiger charge is 2.43. The van der Waals surface area contributed by atoms with Gasteiger partial charge in [0.2, 0.25) is 0 Å². The van der Waals surface area contributed by atoms with Gasteiger partial charge >= 0.3 is 5.97 Å². The van der Waals surface area contributed by atoms with Crippen LogP contribution in [0.25, 0.3) is 0 Å². The van der Waals surface area contributed by atoms with Gasteiger partial charge in [-0.15, -0.1) is 0 Å². The number of esters is 1. The van der Waals surface area contributed by atoms with Gasteiger partial charge in [0.15, 0.2) is 0 Å². The lowest BCUT2D eigenvalue weighted by molar-refractivity contribution is -0.151. The van der Waals surface area contributed by atoms with Crippen molar-refractivity contribution in [1.82, 2.24) is 0 Å². The first-order chi connectivity index (χ1) is 8.55. The van der Waals surface area contributed by atoms with Crippen LogP contribution in [0.5, 0.6) is 0 Å². The molecular formula is C13H14Br2O3. The third kappa shape index (κ3) is 2.95. The minimum atomic E-state index is -0.238. The second-order valence-corrected chi connectivity index (χ2v) is 6.24. The van der Waals surface area contributed by atoms with Crippen molar-refractivity contribution in [1.29, 1.82) is 0 Å². The lowest BCUT2D eigenvalue weighted by Gasteiger charge is -2.41. The first-order valence-electron chi connectivity index (χ1n) is 5.76. The minimum absolute atomic E-state index is 0.170. The number of halogens is 2. The molecule has 1 saturated heterocycles. The molecule has 18 heavy (non-hydrogen) atoms. The Hall–Kier alpha value is -0.390. The van der Waals surface area contributed by atoms with Gasteiger partial charge in [0.1, 0.15) is 0 Å². The summed E-state index contributed by atoms with van der Waals surface area (Å²) in [5, 5.41) is 0. The molecule has 1 aliphatic heterocycles. The third-order valence-corrected chi connectivity index (χ3v) is 3.94. The molecule has 1 heterocycles. The summed E-state index contributed by atoms with van der Waals surface area (Å²) in [6.07, 6.45) is 0.365. The van der Waals surface area contributed by atoms with Crippen LogP contribution in [0.3, 0.4) is 0 Å². The van der Waals surface area contributed by atoms with E-state index >= 15 is 0 Å². The Kier molecular flexibility index (Phi) is 4.45. The minimum Gasteiger partial charge on any atom is -0.466 e. The Morgan fingerprint density at radius 1 is 1.33 bits per heavy atom. The van der Waals surface area contributed by atoms with Gasteiger partial charge in [-0.1, -0.05) is 31.9 Å². The van der Waals surface area contributed by atoms with Crippen LogP contribution in [-0.2, 0) is 19.7 Å². The highest BCUT2D eigenvalue weighted by molar-refractivity contribution is 9.11. The zero-order valence-corrected chi connectivity index (χ0v) is 13.2. The molecular weight excluding hydrogens is 364 g/mol. The summed E-state index contributed by atoms with van der Waals surface area (Å²) in [5.41, 5.74) is 0.863. The van der Waals surface area contributed by atoms with Crippen molar-refractivity contribution in [3.05, 3.63) is 32.7 Å². The van der Waals surface area contributed by atoms with Gasteiger partial charge in [0, 0.05) is 8.95 Å². The molecule has 0 amide bonds.